The molecule has 2 heterocycles. The van der Waals surface area contributed by atoms with Crippen LogP contribution in [-0.2, 0) is 9.09 Å². The molecule has 3 rings (SSSR count). The number of nitrogens with zero attached hydrogens (tertiary/aromatic N) is 3. The second kappa shape index (κ2) is 12.6. The maximum atomic E-state index is 14.8. The Hall–Kier alpha value is -1.89. The summed E-state index contributed by atoms with van der Waals surface area (Å²) in [6.07, 6.45) is -1.03. The van der Waals surface area contributed by atoms with E-state index in [1.165, 1.54) is 30.4 Å². The highest BCUT2D eigenvalue weighted by Gasteiger charge is 2.25. The molecule has 5 N–H and O–H groups in total. The fraction of sp³-hybridized carbons (Fsp3) is 0.381. The second-order valence-electron chi connectivity index (χ2n) is 8.13. The molecule has 0 radical (unpaired) electrons. The lowest BCUT2D eigenvalue weighted by molar-refractivity contribution is 0.106. The van der Waals surface area contributed by atoms with Crippen LogP contribution in [0.15, 0.2) is 24.3 Å². The lowest BCUT2D eigenvalue weighted by atomic mass is 10.2. The van der Waals surface area contributed by atoms with Crippen LogP contribution in [0.3, 0.4) is 0 Å². The third kappa shape index (κ3) is 8.32. The van der Waals surface area contributed by atoms with Gasteiger partial charge in [-0.2, -0.15) is 0 Å². The van der Waals surface area contributed by atoms with Gasteiger partial charge in [0.1, 0.15) is 22.4 Å². The molecule has 36 heavy (non-hydrogen) atoms. The summed E-state index contributed by atoms with van der Waals surface area (Å²) >= 11 is 7.63. The number of aryl methyl sites for hydroxylation is 1. The first-order valence-corrected chi connectivity index (χ1v) is 13.3. The summed E-state index contributed by atoms with van der Waals surface area (Å²) in [6.45, 7) is 7.03. The van der Waals surface area contributed by atoms with Crippen LogP contribution < -0.4 is 15.8 Å². The standard InChI is InChI=1S/C21H26ClFN5O5PS.ClH/c1-10(2)25-19-6-13(5-11(3)26-19)20-27-28-21(35-20)14-7-16(23)18(8-15(14)22)32-9-17(24)12(4)33-34(29,30)31;/h5-8,10,12,17H,9,24H2,1-4H3,(H,25,26)(H2,29,30,31);1H/t12-,17+;/m0./s1. The number of nitrogens with two attached hydrogens (primary N) is 1. The van der Waals surface area contributed by atoms with E-state index in [4.69, 9.17) is 31.9 Å². The van der Waals surface area contributed by atoms with E-state index in [-0.39, 0.29) is 35.8 Å². The van der Waals surface area contributed by atoms with Gasteiger partial charge in [-0.3, -0.25) is 4.52 Å². The number of nitrogens with one attached hydrogen (secondary N) is 1. The van der Waals surface area contributed by atoms with Gasteiger partial charge in [-0.15, -0.1) is 22.6 Å². The van der Waals surface area contributed by atoms with E-state index in [0.717, 1.165) is 17.1 Å². The summed E-state index contributed by atoms with van der Waals surface area (Å²) in [6, 6.07) is 5.51. The summed E-state index contributed by atoms with van der Waals surface area (Å²) in [4.78, 5) is 22.2. The molecular weight excluding hydrogens is 555 g/mol. The molecule has 0 aliphatic heterocycles. The van der Waals surface area contributed by atoms with Crippen LogP contribution in [0.25, 0.3) is 21.1 Å². The monoisotopic (exact) mass is 581 g/mol. The van der Waals surface area contributed by atoms with Crippen LogP contribution in [0, 0.1) is 12.7 Å². The van der Waals surface area contributed by atoms with Gasteiger partial charge in [-0.1, -0.05) is 22.9 Å². The molecule has 0 spiro atoms. The number of benzene rings is 1. The number of rotatable bonds is 10. The number of hydrogen-bond acceptors (Lipinski definition) is 9. The Balaban J connectivity index is 0.00000456. The van der Waals surface area contributed by atoms with Crippen molar-refractivity contribution in [2.24, 2.45) is 5.73 Å². The van der Waals surface area contributed by atoms with Gasteiger partial charge in [0.15, 0.2) is 11.6 Å². The van der Waals surface area contributed by atoms with Gasteiger partial charge in [0.25, 0.3) is 0 Å². The third-order valence-corrected chi connectivity index (χ3v) is 6.58. The summed E-state index contributed by atoms with van der Waals surface area (Å²) in [5, 5.41) is 12.9. The van der Waals surface area contributed by atoms with Crippen LogP contribution in [0.1, 0.15) is 26.5 Å². The molecular formula is C21H27Cl2FN5O5PS. The number of halogens is 3. The van der Waals surface area contributed by atoms with Gasteiger partial charge in [-0.25, -0.2) is 13.9 Å². The molecule has 10 nitrogen and oxygen atoms in total. The van der Waals surface area contributed by atoms with E-state index in [1.807, 2.05) is 32.9 Å². The van der Waals surface area contributed by atoms with Crippen LogP contribution in [0.2, 0.25) is 5.02 Å². The van der Waals surface area contributed by atoms with Crippen molar-refractivity contribution in [2.45, 2.75) is 45.9 Å². The van der Waals surface area contributed by atoms with Gasteiger partial charge in [0.05, 0.1) is 17.2 Å². The third-order valence-electron chi connectivity index (χ3n) is 4.65. The molecule has 1 aromatic carbocycles. The van der Waals surface area contributed by atoms with Crippen molar-refractivity contribution in [1.29, 1.82) is 0 Å². The number of ether oxygens (including phenoxy) is 1. The largest absolute Gasteiger partial charge is 0.489 e. The molecule has 0 unspecified atom stereocenters. The first-order chi connectivity index (χ1) is 16.3. The number of pyridine rings is 1. The van der Waals surface area contributed by atoms with Crippen molar-refractivity contribution in [1.82, 2.24) is 15.2 Å². The Morgan fingerprint density at radius 3 is 2.50 bits per heavy atom. The van der Waals surface area contributed by atoms with Crippen molar-refractivity contribution in [2.75, 3.05) is 11.9 Å². The first kappa shape index (κ1) is 30.3. The minimum Gasteiger partial charge on any atom is -0.489 e. The minimum atomic E-state index is -4.71. The Labute approximate surface area is 223 Å². The predicted molar refractivity (Wildman–Crippen MR) is 140 cm³/mol. The molecule has 2 atom stereocenters. The van der Waals surface area contributed by atoms with Crippen molar-refractivity contribution >= 4 is 49.0 Å². The maximum absolute atomic E-state index is 14.8. The normalized spacial score (nSPS) is 13.3. The summed E-state index contributed by atoms with van der Waals surface area (Å²) in [7, 11) is -4.71. The molecule has 0 bridgehead atoms. The van der Waals surface area contributed by atoms with Gasteiger partial charge in [-0.05, 0) is 45.9 Å². The van der Waals surface area contributed by atoms with E-state index in [1.54, 1.807) is 0 Å². The highest BCUT2D eigenvalue weighted by atomic mass is 35.5. The van der Waals surface area contributed by atoms with Crippen molar-refractivity contribution in [3.8, 4) is 26.9 Å². The molecule has 0 amide bonds. The van der Waals surface area contributed by atoms with Gasteiger partial charge in [0, 0.05) is 28.9 Å². The van der Waals surface area contributed by atoms with E-state index in [0.29, 0.717) is 15.6 Å². The molecule has 0 fully saturated rings. The van der Waals surface area contributed by atoms with Crippen molar-refractivity contribution < 1.29 is 28.0 Å². The second-order valence-corrected chi connectivity index (χ2v) is 10.7. The zero-order chi connectivity index (χ0) is 25.9. The first-order valence-electron chi connectivity index (χ1n) is 10.5. The van der Waals surface area contributed by atoms with Crippen LogP contribution in [-0.4, -0.2) is 49.8 Å². The highest BCUT2D eigenvalue weighted by Crippen LogP contribution is 2.39. The lowest BCUT2D eigenvalue weighted by Gasteiger charge is -2.21. The zero-order valence-corrected chi connectivity index (χ0v) is 23.1. The van der Waals surface area contributed by atoms with E-state index >= 15 is 0 Å². The molecule has 198 valence electrons. The maximum Gasteiger partial charge on any atom is 0.469 e. The fourth-order valence-electron chi connectivity index (χ4n) is 3.03. The molecule has 3 aromatic rings. The number of hydrogen-bond donors (Lipinski definition) is 4. The highest BCUT2D eigenvalue weighted by molar-refractivity contribution is 7.46. The smallest absolute Gasteiger partial charge is 0.469 e. The minimum absolute atomic E-state index is 0. The average Bonchev–Trinajstić information content (AvgIpc) is 3.21. The topological polar surface area (TPSA) is 153 Å². The zero-order valence-electron chi connectivity index (χ0n) is 19.8. The predicted octanol–water partition coefficient (Wildman–Crippen LogP) is 4.81. The van der Waals surface area contributed by atoms with Gasteiger partial charge < -0.3 is 25.6 Å². The van der Waals surface area contributed by atoms with Crippen LogP contribution in [0.5, 0.6) is 5.75 Å². The number of anilines is 1. The average molecular weight is 582 g/mol. The molecule has 0 saturated heterocycles. The summed E-state index contributed by atoms with van der Waals surface area (Å²) < 4.78 is 35.6. The molecule has 15 heteroatoms. The number of phosphoric acid groups is 1. The quantitative estimate of drug-likeness (QED) is 0.245. The molecule has 0 aliphatic rings. The Morgan fingerprint density at radius 1 is 1.19 bits per heavy atom. The summed E-state index contributed by atoms with van der Waals surface area (Å²) in [5.74, 6) is -0.160. The van der Waals surface area contributed by atoms with Crippen molar-refractivity contribution in [3.63, 3.8) is 0 Å². The van der Waals surface area contributed by atoms with E-state index < -0.39 is 25.8 Å². The molecule has 0 aliphatic carbocycles. The van der Waals surface area contributed by atoms with Crippen LogP contribution in [0.4, 0.5) is 10.2 Å². The van der Waals surface area contributed by atoms with E-state index in [2.05, 4.69) is 25.0 Å². The Kier molecular flexibility index (Phi) is 10.6. The Bertz CT molecular complexity index is 1250. The Morgan fingerprint density at radius 2 is 1.86 bits per heavy atom. The number of phosphoric ester groups is 1. The SMILES string of the molecule is Cc1cc(-c2nnc(-c3cc(F)c(OC[C@@H](N)[C@H](C)OP(=O)(O)O)cc3Cl)s2)cc(NC(C)C)n1.Cl. The molecule has 0 saturated carbocycles. The van der Waals surface area contributed by atoms with Crippen LogP contribution >= 0.6 is 43.2 Å². The fourth-order valence-corrected chi connectivity index (χ4v) is 4.78. The number of aromatic nitrogens is 3. The lowest BCUT2D eigenvalue weighted by Crippen LogP contribution is -2.39. The van der Waals surface area contributed by atoms with Gasteiger partial charge in [0.2, 0.25) is 0 Å². The van der Waals surface area contributed by atoms with Gasteiger partial charge >= 0.3 is 7.82 Å². The van der Waals surface area contributed by atoms with Crippen molar-refractivity contribution in [3.05, 3.63) is 40.8 Å². The van der Waals surface area contributed by atoms with E-state index in [9.17, 15) is 8.96 Å². The summed E-state index contributed by atoms with van der Waals surface area (Å²) in [5.41, 5.74) is 7.79. The molecule has 2 aromatic heterocycles.